The topological polar surface area (TPSA) is 42.1 Å². The number of nitrogens with zero attached hydrogens (tertiary/aromatic N) is 2. The zero-order valence-electron chi connectivity index (χ0n) is 10.7. The lowest BCUT2D eigenvalue weighted by atomic mass is 9.98. The summed E-state index contributed by atoms with van der Waals surface area (Å²) >= 11 is 0. The van der Waals surface area contributed by atoms with Crippen molar-refractivity contribution >= 4 is 5.82 Å². The van der Waals surface area contributed by atoms with E-state index in [0.29, 0.717) is 6.54 Å². The van der Waals surface area contributed by atoms with Gasteiger partial charge < -0.3 is 10.6 Å². The van der Waals surface area contributed by atoms with Gasteiger partial charge in [0, 0.05) is 25.8 Å². The molecule has 94 valence electrons. The number of hydrogen-bond donors (Lipinski definition) is 1. The van der Waals surface area contributed by atoms with Crippen LogP contribution in [-0.4, -0.2) is 18.1 Å². The van der Waals surface area contributed by atoms with Gasteiger partial charge in [-0.1, -0.05) is 19.4 Å². The second-order valence-corrected chi connectivity index (χ2v) is 4.92. The molecule has 1 aliphatic rings. The number of hydrogen-bond acceptors (Lipinski definition) is 3. The maximum Gasteiger partial charge on any atom is 0.128 e. The molecule has 1 unspecified atom stereocenters. The van der Waals surface area contributed by atoms with Crippen LogP contribution in [0.15, 0.2) is 18.3 Å². The van der Waals surface area contributed by atoms with E-state index in [0.717, 1.165) is 30.4 Å². The largest absolute Gasteiger partial charge is 0.357 e. The molecule has 1 saturated heterocycles. The van der Waals surface area contributed by atoms with E-state index in [1.54, 1.807) is 0 Å². The molecule has 2 heterocycles. The van der Waals surface area contributed by atoms with E-state index in [2.05, 4.69) is 28.9 Å². The van der Waals surface area contributed by atoms with Crippen molar-refractivity contribution in [2.45, 2.75) is 39.2 Å². The van der Waals surface area contributed by atoms with E-state index >= 15 is 0 Å². The molecule has 1 fully saturated rings. The SMILES string of the molecule is CCC1CCCN(c2ccc(CN)cn2)CC1. The fourth-order valence-corrected chi connectivity index (χ4v) is 2.53. The van der Waals surface area contributed by atoms with Gasteiger partial charge >= 0.3 is 0 Å². The van der Waals surface area contributed by atoms with Crippen LogP contribution in [0.25, 0.3) is 0 Å². The van der Waals surface area contributed by atoms with Crippen molar-refractivity contribution in [2.75, 3.05) is 18.0 Å². The van der Waals surface area contributed by atoms with Gasteiger partial charge in [0.05, 0.1) is 0 Å². The normalized spacial score (nSPS) is 21.3. The summed E-state index contributed by atoms with van der Waals surface area (Å²) in [4.78, 5) is 6.92. The van der Waals surface area contributed by atoms with E-state index < -0.39 is 0 Å². The molecule has 2 rings (SSSR count). The highest BCUT2D eigenvalue weighted by Crippen LogP contribution is 2.23. The Labute approximate surface area is 104 Å². The zero-order valence-corrected chi connectivity index (χ0v) is 10.7. The fraction of sp³-hybridized carbons (Fsp3) is 0.643. The first-order valence-electron chi connectivity index (χ1n) is 6.73. The third-order valence-electron chi connectivity index (χ3n) is 3.79. The minimum atomic E-state index is 0.575. The Balaban J connectivity index is 2.01. The number of rotatable bonds is 3. The van der Waals surface area contributed by atoms with Crippen molar-refractivity contribution in [3.63, 3.8) is 0 Å². The molecule has 0 radical (unpaired) electrons. The van der Waals surface area contributed by atoms with E-state index in [1.165, 1.54) is 25.7 Å². The minimum Gasteiger partial charge on any atom is -0.357 e. The van der Waals surface area contributed by atoms with Crippen molar-refractivity contribution in [2.24, 2.45) is 11.7 Å². The Hall–Kier alpha value is -1.09. The Kier molecular flexibility index (Phi) is 4.37. The van der Waals surface area contributed by atoms with Crippen LogP contribution in [0.3, 0.4) is 0 Å². The molecular formula is C14H23N3. The van der Waals surface area contributed by atoms with Crippen LogP contribution in [0, 0.1) is 5.92 Å². The predicted molar refractivity (Wildman–Crippen MR) is 72.0 cm³/mol. The van der Waals surface area contributed by atoms with Crippen LogP contribution in [0.2, 0.25) is 0 Å². The van der Waals surface area contributed by atoms with Crippen LogP contribution < -0.4 is 10.6 Å². The second-order valence-electron chi connectivity index (χ2n) is 4.92. The Morgan fingerprint density at radius 2 is 2.24 bits per heavy atom. The zero-order chi connectivity index (χ0) is 12.1. The summed E-state index contributed by atoms with van der Waals surface area (Å²) in [5.41, 5.74) is 6.69. The van der Waals surface area contributed by atoms with Gasteiger partial charge in [-0.3, -0.25) is 0 Å². The molecule has 1 aromatic rings. The average Bonchev–Trinajstić information content (AvgIpc) is 2.64. The molecule has 0 saturated carbocycles. The van der Waals surface area contributed by atoms with Crippen LogP contribution in [0.4, 0.5) is 5.82 Å². The molecule has 0 amide bonds. The number of nitrogens with two attached hydrogens (primary N) is 1. The van der Waals surface area contributed by atoms with Gasteiger partial charge in [-0.05, 0) is 36.8 Å². The highest BCUT2D eigenvalue weighted by Gasteiger charge is 2.16. The molecule has 1 aliphatic heterocycles. The third kappa shape index (κ3) is 3.19. The molecule has 3 nitrogen and oxygen atoms in total. The van der Waals surface area contributed by atoms with Gasteiger partial charge in [0.25, 0.3) is 0 Å². The Morgan fingerprint density at radius 3 is 2.88 bits per heavy atom. The maximum atomic E-state index is 5.59. The number of pyridine rings is 1. The van der Waals surface area contributed by atoms with Gasteiger partial charge in [0.15, 0.2) is 0 Å². The van der Waals surface area contributed by atoms with Gasteiger partial charge in [0.2, 0.25) is 0 Å². The summed E-state index contributed by atoms with van der Waals surface area (Å²) in [5.74, 6) is 2.02. The van der Waals surface area contributed by atoms with Gasteiger partial charge in [-0.25, -0.2) is 4.98 Å². The minimum absolute atomic E-state index is 0.575. The summed E-state index contributed by atoms with van der Waals surface area (Å²) < 4.78 is 0. The summed E-state index contributed by atoms with van der Waals surface area (Å²) in [6.07, 6.45) is 7.18. The smallest absolute Gasteiger partial charge is 0.128 e. The second kappa shape index (κ2) is 6.01. The van der Waals surface area contributed by atoms with Crippen LogP contribution >= 0.6 is 0 Å². The summed E-state index contributed by atoms with van der Waals surface area (Å²) in [6.45, 7) is 5.17. The van der Waals surface area contributed by atoms with Crippen molar-refractivity contribution < 1.29 is 0 Å². The molecule has 0 aromatic carbocycles. The van der Waals surface area contributed by atoms with Crippen molar-refractivity contribution in [3.8, 4) is 0 Å². The van der Waals surface area contributed by atoms with E-state index in [-0.39, 0.29) is 0 Å². The van der Waals surface area contributed by atoms with Crippen LogP contribution in [0.1, 0.15) is 38.2 Å². The molecular weight excluding hydrogens is 210 g/mol. The monoisotopic (exact) mass is 233 g/mol. The van der Waals surface area contributed by atoms with E-state index in [9.17, 15) is 0 Å². The van der Waals surface area contributed by atoms with Crippen LogP contribution in [-0.2, 0) is 6.54 Å². The Morgan fingerprint density at radius 1 is 1.35 bits per heavy atom. The third-order valence-corrected chi connectivity index (χ3v) is 3.79. The summed E-state index contributed by atoms with van der Waals surface area (Å²) in [5, 5.41) is 0. The number of aromatic nitrogens is 1. The van der Waals surface area contributed by atoms with Crippen LogP contribution in [0.5, 0.6) is 0 Å². The molecule has 0 aliphatic carbocycles. The summed E-state index contributed by atoms with van der Waals surface area (Å²) in [7, 11) is 0. The van der Waals surface area contributed by atoms with Gasteiger partial charge in [0.1, 0.15) is 5.82 Å². The summed E-state index contributed by atoms with van der Waals surface area (Å²) in [6, 6.07) is 4.19. The lowest BCUT2D eigenvalue weighted by Gasteiger charge is -2.21. The van der Waals surface area contributed by atoms with E-state index in [1.807, 2.05) is 6.20 Å². The van der Waals surface area contributed by atoms with Gasteiger partial charge in [-0.2, -0.15) is 0 Å². The van der Waals surface area contributed by atoms with Crippen molar-refractivity contribution in [1.29, 1.82) is 0 Å². The number of anilines is 1. The van der Waals surface area contributed by atoms with Gasteiger partial charge in [-0.15, -0.1) is 0 Å². The highest BCUT2D eigenvalue weighted by atomic mass is 15.2. The van der Waals surface area contributed by atoms with E-state index in [4.69, 9.17) is 5.73 Å². The molecule has 1 aromatic heterocycles. The quantitative estimate of drug-likeness (QED) is 0.872. The first kappa shape index (κ1) is 12.4. The first-order valence-corrected chi connectivity index (χ1v) is 6.73. The highest BCUT2D eigenvalue weighted by molar-refractivity contribution is 5.39. The fourth-order valence-electron chi connectivity index (χ4n) is 2.53. The molecule has 17 heavy (non-hydrogen) atoms. The Bertz CT molecular complexity index is 334. The molecule has 1 atom stereocenters. The standard InChI is InChI=1S/C14H23N3/c1-2-12-4-3-8-17(9-7-12)14-6-5-13(10-15)11-16-14/h5-6,11-12H,2-4,7-10,15H2,1H3. The average molecular weight is 233 g/mol. The molecule has 0 spiro atoms. The lowest BCUT2D eigenvalue weighted by Crippen LogP contribution is -2.25. The maximum absolute atomic E-state index is 5.59. The first-order chi connectivity index (χ1) is 8.33. The molecule has 0 bridgehead atoms. The van der Waals surface area contributed by atoms with Crippen molar-refractivity contribution in [3.05, 3.63) is 23.9 Å². The molecule has 2 N–H and O–H groups in total. The predicted octanol–water partition coefficient (Wildman–Crippen LogP) is 2.56. The molecule has 3 heteroatoms. The van der Waals surface area contributed by atoms with Crippen molar-refractivity contribution in [1.82, 2.24) is 4.98 Å². The lowest BCUT2D eigenvalue weighted by molar-refractivity contribution is 0.459.